The van der Waals surface area contributed by atoms with Crippen LogP contribution >= 0.6 is 0 Å². The van der Waals surface area contributed by atoms with Crippen molar-refractivity contribution < 1.29 is 13.9 Å². The van der Waals surface area contributed by atoms with Crippen LogP contribution in [0.15, 0.2) is 54.6 Å². The highest BCUT2D eigenvalue weighted by Crippen LogP contribution is 2.24. The highest BCUT2D eigenvalue weighted by molar-refractivity contribution is 5.91. The van der Waals surface area contributed by atoms with Crippen molar-refractivity contribution in [2.75, 3.05) is 20.7 Å². The summed E-state index contributed by atoms with van der Waals surface area (Å²) >= 11 is 0. The third kappa shape index (κ3) is 6.14. The second-order valence-electron chi connectivity index (χ2n) is 7.34. The van der Waals surface area contributed by atoms with Crippen molar-refractivity contribution >= 4 is 12.0 Å². The van der Waals surface area contributed by atoms with Gasteiger partial charge in [0.05, 0.1) is 7.11 Å². The third-order valence-electron chi connectivity index (χ3n) is 5.19. The average molecular weight is 397 g/mol. The Kier molecular flexibility index (Phi) is 7.38. The summed E-state index contributed by atoms with van der Waals surface area (Å²) in [6, 6.07) is 14.7. The maximum absolute atomic E-state index is 13.1. The van der Waals surface area contributed by atoms with Crippen molar-refractivity contribution in [1.82, 2.24) is 15.8 Å². The zero-order valence-electron chi connectivity index (χ0n) is 16.9. The molecule has 3 rings (SSSR count). The maximum atomic E-state index is 13.1. The van der Waals surface area contributed by atoms with E-state index in [1.54, 1.807) is 24.2 Å². The molecule has 1 aliphatic heterocycles. The maximum Gasteiger partial charge on any atom is 0.246 e. The number of nitrogens with zero attached hydrogens (tertiary/aromatic N) is 1. The van der Waals surface area contributed by atoms with Gasteiger partial charge in [0.25, 0.3) is 0 Å². The van der Waals surface area contributed by atoms with Crippen LogP contribution in [0, 0.1) is 5.82 Å². The van der Waals surface area contributed by atoms with Crippen LogP contribution in [-0.4, -0.2) is 37.6 Å². The molecular weight excluding hydrogens is 369 g/mol. The summed E-state index contributed by atoms with van der Waals surface area (Å²) < 4.78 is 18.3. The number of benzene rings is 2. The van der Waals surface area contributed by atoms with Crippen molar-refractivity contribution in [2.45, 2.75) is 31.3 Å². The number of carbonyl (C=O) groups excluding carboxylic acids is 1. The number of likely N-dealkylation sites (N-methyl/N-ethyl adjacent to an activating group) is 1. The van der Waals surface area contributed by atoms with Crippen LogP contribution in [0.2, 0.25) is 0 Å². The molecule has 2 unspecified atom stereocenters. The highest BCUT2D eigenvalue weighted by Gasteiger charge is 2.24. The molecule has 0 spiro atoms. The largest absolute Gasteiger partial charge is 0.497 e. The Labute approximate surface area is 171 Å². The normalized spacial score (nSPS) is 18.9. The van der Waals surface area contributed by atoms with E-state index in [0.717, 1.165) is 36.1 Å². The smallest absolute Gasteiger partial charge is 0.246 e. The van der Waals surface area contributed by atoms with Gasteiger partial charge in [-0.3, -0.25) is 15.6 Å². The standard InChI is InChI=1S/C23H28FN3O2/c1-27(23(28)13-8-17-5-3-7-21(15-17)29-2)14-4-6-20-16-22(26-25-20)18-9-11-19(24)12-10-18/h3,5,7-13,15,20,22,25-26H,4,6,14,16H2,1-2H3/b13-8+. The quantitative estimate of drug-likeness (QED) is 0.667. The first kappa shape index (κ1) is 21.0. The number of carbonyl (C=O) groups is 1. The molecule has 2 aromatic carbocycles. The topological polar surface area (TPSA) is 53.6 Å². The third-order valence-corrected chi connectivity index (χ3v) is 5.19. The summed E-state index contributed by atoms with van der Waals surface area (Å²) in [6.07, 6.45) is 6.21. The van der Waals surface area contributed by atoms with Crippen molar-refractivity contribution in [1.29, 1.82) is 0 Å². The van der Waals surface area contributed by atoms with Gasteiger partial charge < -0.3 is 9.64 Å². The first-order chi connectivity index (χ1) is 14.0. The molecule has 29 heavy (non-hydrogen) atoms. The Bertz CT molecular complexity index is 838. The van der Waals surface area contributed by atoms with Gasteiger partial charge in [-0.1, -0.05) is 24.3 Å². The van der Waals surface area contributed by atoms with Gasteiger partial charge >= 0.3 is 0 Å². The summed E-state index contributed by atoms with van der Waals surface area (Å²) in [5, 5.41) is 0. The van der Waals surface area contributed by atoms with Gasteiger partial charge in [-0.25, -0.2) is 4.39 Å². The molecule has 0 aromatic heterocycles. The molecule has 2 aromatic rings. The number of rotatable bonds is 8. The highest BCUT2D eigenvalue weighted by atomic mass is 19.1. The van der Waals surface area contributed by atoms with E-state index >= 15 is 0 Å². The molecule has 0 bridgehead atoms. The van der Waals surface area contributed by atoms with Crippen molar-refractivity contribution in [3.8, 4) is 5.75 Å². The molecule has 1 amide bonds. The number of methoxy groups -OCH3 is 1. The Hall–Kier alpha value is -2.70. The van der Waals surface area contributed by atoms with Gasteiger partial charge in [-0.15, -0.1) is 0 Å². The van der Waals surface area contributed by atoms with E-state index in [1.807, 2.05) is 43.4 Å². The molecule has 5 nitrogen and oxygen atoms in total. The Balaban J connectivity index is 1.40. The fraction of sp³-hybridized carbons (Fsp3) is 0.348. The Morgan fingerprint density at radius 1 is 1.24 bits per heavy atom. The summed E-state index contributed by atoms with van der Waals surface area (Å²) in [7, 11) is 3.44. The minimum atomic E-state index is -0.218. The average Bonchev–Trinajstić information content (AvgIpc) is 3.21. The molecule has 1 saturated heterocycles. The molecular formula is C23H28FN3O2. The summed E-state index contributed by atoms with van der Waals surface area (Å²) in [5.41, 5.74) is 8.59. The summed E-state index contributed by atoms with van der Waals surface area (Å²) in [6.45, 7) is 0.695. The van der Waals surface area contributed by atoms with E-state index in [1.165, 1.54) is 12.1 Å². The van der Waals surface area contributed by atoms with Crippen LogP contribution < -0.4 is 15.6 Å². The van der Waals surface area contributed by atoms with Gasteiger partial charge in [-0.2, -0.15) is 0 Å². The fourth-order valence-corrected chi connectivity index (χ4v) is 3.45. The zero-order chi connectivity index (χ0) is 20.6. The predicted octanol–water partition coefficient (Wildman–Crippen LogP) is 3.69. The van der Waals surface area contributed by atoms with Crippen LogP contribution in [0.3, 0.4) is 0 Å². The molecule has 1 heterocycles. The number of hydrogen-bond acceptors (Lipinski definition) is 4. The van der Waals surface area contributed by atoms with E-state index in [2.05, 4.69) is 10.9 Å². The molecule has 0 aliphatic carbocycles. The molecule has 6 heteroatoms. The van der Waals surface area contributed by atoms with Crippen LogP contribution in [-0.2, 0) is 4.79 Å². The van der Waals surface area contributed by atoms with E-state index in [0.29, 0.717) is 12.6 Å². The van der Waals surface area contributed by atoms with Crippen LogP contribution in [0.1, 0.15) is 36.4 Å². The zero-order valence-corrected chi connectivity index (χ0v) is 16.9. The number of amides is 1. The number of nitrogens with one attached hydrogen (secondary N) is 2. The molecule has 0 saturated carbocycles. The monoisotopic (exact) mass is 397 g/mol. The number of hydrogen-bond donors (Lipinski definition) is 2. The van der Waals surface area contributed by atoms with Gasteiger partial charge in [0, 0.05) is 31.8 Å². The molecule has 1 aliphatic rings. The van der Waals surface area contributed by atoms with Crippen molar-refractivity contribution in [3.05, 3.63) is 71.6 Å². The molecule has 2 N–H and O–H groups in total. The lowest BCUT2D eigenvalue weighted by Crippen LogP contribution is -2.32. The molecule has 2 atom stereocenters. The van der Waals surface area contributed by atoms with Crippen molar-refractivity contribution in [3.63, 3.8) is 0 Å². The van der Waals surface area contributed by atoms with Crippen molar-refractivity contribution in [2.24, 2.45) is 0 Å². The minimum Gasteiger partial charge on any atom is -0.497 e. The first-order valence-corrected chi connectivity index (χ1v) is 9.89. The van der Waals surface area contributed by atoms with Gasteiger partial charge in [0.15, 0.2) is 0 Å². The summed E-state index contributed by atoms with van der Waals surface area (Å²) in [5.74, 6) is 0.531. The van der Waals surface area contributed by atoms with E-state index in [4.69, 9.17) is 4.74 Å². The second kappa shape index (κ2) is 10.2. The minimum absolute atomic E-state index is 0.0190. The summed E-state index contributed by atoms with van der Waals surface area (Å²) in [4.78, 5) is 14.0. The number of ether oxygens (including phenoxy) is 1. The molecule has 1 fully saturated rings. The van der Waals surface area contributed by atoms with Gasteiger partial charge in [-0.05, 0) is 60.7 Å². The van der Waals surface area contributed by atoms with Gasteiger partial charge in [0.1, 0.15) is 11.6 Å². The second-order valence-corrected chi connectivity index (χ2v) is 7.34. The van der Waals surface area contributed by atoms with E-state index in [-0.39, 0.29) is 17.8 Å². The molecule has 154 valence electrons. The lowest BCUT2D eigenvalue weighted by molar-refractivity contribution is -0.124. The van der Waals surface area contributed by atoms with Gasteiger partial charge in [0.2, 0.25) is 5.91 Å². The van der Waals surface area contributed by atoms with Crippen LogP contribution in [0.25, 0.3) is 6.08 Å². The lowest BCUT2D eigenvalue weighted by Gasteiger charge is -2.16. The Morgan fingerprint density at radius 2 is 2.03 bits per heavy atom. The fourth-order valence-electron chi connectivity index (χ4n) is 3.45. The predicted molar refractivity (Wildman–Crippen MR) is 113 cm³/mol. The number of halogens is 1. The first-order valence-electron chi connectivity index (χ1n) is 9.89. The SMILES string of the molecule is COc1cccc(/C=C/C(=O)N(C)CCCC2CC(c3ccc(F)cc3)NN2)c1. The van der Waals surface area contributed by atoms with E-state index in [9.17, 15) is 9.18 Å². The Morgan fingerprint density at radius 3 is 2.79 bits per heavy atom. The van der Waals surface area contributed by atoms with Crippen LogP contribution in [0.4, 0.5) is 4.39 Å². The van der Waals surface area contributed by atoms with E-state index < -0.39 is 0 Å². The van der Waals surface area contributed by atoms with Crippen LogP contribution in [0.5, 0.6) is 5.75 Å². The number of hydrazine groups is 1. The lowest BCUT2D eigenvalue weighted by atomic mass is 9.99. The molecule has 0 radical (unpaired) electrons.